The van der Waals surface area contributed by atoms with Gasteiger partial charge >= 0.3 is 6.01 Å². The average molecular weight is 131 g/mol. The maximum atomic E-state index is 4.90. The summed E-state index contributed by atoms with van der Waals surface area (Å²) in [5, 5.41) is 0. The number of hydrogen-bond donors (Lipinski definition) is 0. The molecule has 3 nitrogen and oxygen atoms in total. The van der Waals surface area contributed by atoms with Gasteiger partial charge in [0.05, 0.1) is 0 Å². The number of nitrogens with zero attached hydrogens (tertiary/aromatic N) is 2. The summed E-state index contributed by atoms with van der Waals surface area (Å²) in [4.78, 5) is 7.26. The zero-order valence-electron chi connectivity index (χ0n) is 3.91. The molecule has 0 spiro atoms. The van der Waals surface area contributed by atoms with E-state index in [4.69, 9.17) is 11.9 Å². The molecule has 0 radical (unpaired) electrons. The van der Waals surface area contributed by atoms with Gasteiger partial charge in [-0.3, -0.25) is 0 Å². The largest absolute Gasteiger partial charge is 0.345 e. The van der Waals surface area contributed by atoms with Gasteiger partial charge < -0.3 is 4.29 Å². The van der Waals surface area contributed by atoms with Crippen molar-refractivity contribution in [2.45, 2.75) is 0 Å². The van der Waals surface area contributed by atoms with E-state index in [1.807, 2.05) is 0 Å². The van der Waals surface area contributed by atoms with Gasteiger partial charge in [0.15, 0.2) is 0 Å². The molecular formula is C4H3ClN2O. The highest BCUT2D eigenvalue weighted by atomic mass is 35.5. The van der Waals surface area contributed by atoms with Crippen LogP contribution in [0.15, 0.2) is 18.5 Å². The van der Waals surface area contributed by atoms with Crippen molar-refractivity contribution in [3.63, 3.8) is 0 Å². The second kappa shape index (κ2) is 2.47. The van der Waals surface area contributed by atoms with Crippen LogP contribution in [0.5, 0.6) is 6.01 Å². The number of aromatic nitrogens is 2. The highest BCUT2D eigenvalue weighted by Crippen LogP contribution is 1.97. The molecule has 42 valence electrons. The standard InChI is InChI=1S/C4H3ClN2O/c5-8-4-6-2-1-3-7-4/h1-3H. The molecule has 1 heterocycles. The number of hydrogen-bond acceptors (Lipinski definition) is 3. The van der Waals surface area contributed by atoms with Crippen molar-refractivity contribution in [1.82, 2.24) is 9.97 Å². The van der Waals surface area contributed by atoms with E-state index in [9.17, 15) is 0 Å². The van der Waals surface area contributed by atoms with Crippen molar-refractivity contribution in [2.24, 2.45) is 0 Å². The lowest BCUT2D eigenvalue weighted by atomic mass is 10.7. The number of rotatable bonds is 1. The van der Waals surface area contributed by atoms with E-state index < -0.39 is 0 Å². The summed E-state index contributed by atoms with van der Waals surface area (Å²) >= 11 is 4.90. The molecule has 0 aliphatic heterocycles. The molecule has 0 unspecified atom stereocenters. The summed E-state index contributed by atoms with van der Waals surface area (Å²) in [5.74, 6) is 0. The molecule has 0 saturated heterocycles. The van der Waals surface area contributed by atoms with Gasteiger partial charge in [-0.25, -0.2) is 9.97 Å². The Hall–Kier alpha value is -0.830. The van der Waals surface area contributed by atoms with Crippen molar-refractivity contribution < 1.29 is 4.29 Å². The molecule has 0 N–H and O–H groups in total. The molecule has 0 saturated carbocycles. The van der Waals surface area contributed by atoms with Gasteiger partial charge in [0.1, 0.15) is 11.9 Å². The Balaban J connectivity index is 2.83. The minimum absolute atomic E-state index is 0.175. The molecule has 0 amide bonds. The summed E-state index contributed by atoms with van der Waals surface area (Å²) in [7, 11) is 0. The highest BCUT2D eigenvalue weighted by molar-refractivity contribution is 6.08. The fourth-order valence-electron chi connectivity index (χ4n) is 0.325. The van der Waals surface area contributed by atoms with E-state index in [2.05, 4.69) is 14.3 Å². The molecule has 0 aliphatic rings. The third kappa shape index (κ3) is 1.07. The summed E-state index contributed by atoms with van der Waals surface area (Å²) in [6.45, 7) is 0. The van der Waals surface area contributed by atoms with Crippen LogP contribution in [0, 0.1) is 0 Å². The Morgan fingerprint density at radius 2 is 2.00 bits per heavy atom. The van der Waals surface area contributed by atoms with Crippen molar-refractivity contribution in [3.8, 4) is 6.01 Å². The first-order chi connectivity index (χ1) is 3.93. The fourth-order valence-corrected chi connectivity index (χ4v) is 0.405. The van der Waals surface area contributed by atoms with E-state index in [0.717, 1.165) is 0 Å². The van der Waals surface area contributed by atoms with Gasteiger partial charge in [-0.2, -0.15) is 0 Å². The highest BCUT2D eigenvalue weighted by Gasteiger charge is 1.86. The Kier molecular flexibility index (Phi) is 1.64. The second-order valence-corrected chi connectivity index (χ2v) is 1.26. The van der Waals surface area contributed by atoms with Gasteiger partial charge in [-0.15, -0.1) is 0 Å². The van der Waals surface area contributed by atoms with Crippen LogP contribution in [0.4, 0.5) is 0 Å². The van der Waals surface area contributed by atoms with Crippen LogP contribution in [-0.2, 0) is 0 Å². The third-order valence-electron chi connectivity index (χ3n) is 0.611. The molecule has 4 heteroatoms. The summed E-state index contributed by atoms with van der Waals surface area (Å²) in [6.07, 6.45) is 3.09. The monoisotopic (exact) mass is 130 g/mol. The van der Waals surface area contributed by atoms with Gasteiger partial charge in [-0.05, 0) is 6.07 Å². The van der Waals surface area contributed by atoms with Crippen molar-refractivity contribution in [3.05, 3.63) is 18.5 Å². The average Bonchev–Trinajstić information content (AvgIpc) is 1.90. The molecule has 0 aliphatic carbocycles. The lowest BCUT2D eigenvalue weighted by molar-refractivity contribution is 0.561. The van der Waals surface area contributed by atoms with E-state index in [1.54, 1.807) is 18.5 Å². The third-order valence-corrected chi connectivity index (χ3v) is 0.749. The van der Waals surface area contributed by atoms with Crippen LogP contribution >= 0.6 is 11.9 Å². The molecule has 1 aromatic rings. The van der Waals surface area contributed by atoms with Crippen LogP contribution in [0.1, 0.15) is 0 Å². The topological polar surface area (TPSA) is 35.0 Å². The first-order valence-corrected chi connectivity index (χ1v) is 2.30. The fraction of sp³-hybridized carbons (Fsp3) is 0. The van der Waals surface area contributed by atoms with E-state index >= 15 is 0 Å². The molecule has 0 fully saturated rings. The van der Waals surface area contributed by atoms with Crippen molar-refractivity contribution in [2.75, 3.05) is 0 Å². The maximum Gasteiger partial charge on any atom is 0.335 e. The van der Waals surface area contributed by atoms with Gasteiger partial charge in [0, 0.05) is 12.4 Å². The lowest BCUT2D eigenvalue weighted by Gasteiger charge is -1.86. The van der Waals surface area contributed by atoms with Crippen molar-refractivity contribution >= 4 is 11.9 Å². The minimum Gasteiger partial charge on any atom is -0.345 e. The van der Waals surface area contributed by atoms with Gasteiger partial charge in [0.2, 0.25) is 0 Å². The molecule has 0 bridgehead atoms. The molecule has 8 heavy (non-hydrogen) atoms. The SMILES string of the molecule is ClOc1ncccn1. The minimum atomic E-state index is 0.175. The van der Waals surface area contributed by atoms with Crippen LogP contribution in [-0.4, -0.2) is 9.97 Å². The zero-order chi connectivity index (χ0) is 5.82. The zero-order valence-corrected chi connectivity index (χ0v) is 4.67. The molecule has 0 aromatic carbocycles. The van der Waals surface area contributed by atoms with Crippen LogP contribution in [0.2, 0.25) is 0 Å². The Morgan fingerprint density at radius 3 is 2.38 bits per heavy atom. The van der Waals surface area contributed by atoms with E-state index in [-0.39, 0.29) is 6.01 Å². The Bertz CT molecular complexity index is 155. The molecule has 1 aromatic heterocycles. The first-order valence-electron chi connectivity index (χ1n) is 1.99. The van der Waals surface area contributed by atoms with Crippen LogP contribution in [0.25, 0.3) is 0 Å². The first kappa shape index (κ1) is 5.31. The number of halogens is 1. The lowest BCUT2D eigenvalue weighted by Crippen LogP contribution is -1.82. The van der Waals surface area contributed by atoms with Crippen molar-refractivity contribution in [1.29, 1.82) is 0 Å². The summed E-state index contributed by atoms with van der Waals surface area (Å²) in [6, 6.07) is 1.86. The summed E-state index contributed by atoms with van der Waals surface area (Å²) < 4.78 is 4.16. The molecule has 0 atom stereocenters. The Labute approximate surface area is 51.5 Å². The quantitative estimate of drug-likeness (QED) is 0.569. The van der Waals surface area contributed by atoms with E-state index in [1.165, 1.54) is 0 Å². The smallest absolute Gasteiger partial charge is 0.335 e. The predicted molar refractivity (Wildman–Crippen MR) is 28.5 cm³/mol. The van der Waals surface area contributed by atoms with E-state index in [0.29, 0.717) is 0 Å². The molecular weight excluding hydrogens is 128 g/mol. The molecule has 1 rings (SSSR count). The van der Waals surface area contributed by atoms with Crippen LogP contribution < -0.4 is 4.29 Å². The second-order valence-electron chi connectivity index (χ2n) is 1.11. The normalized spacial score (nSPS) is 8.62. The Morgan fingerprint density at radius 1 is 1.38 bits per heavy atom. The van der Waals surface area contributed by atoms with Crippen LogP contribution in [0.3, 0.4) is 0 Å². The van der Waals surface area contributed by atoms with Gasteiger partial charge in [-0.1, -0.05) is 0 Å². The van der Waals surface area contributed by atoms with Gasteiger partial charge in [0.25, 0.3) is 0 Å². The predicted octanol–water partition coefficient (Wildman–Crippen LogP) is 1.01. The summed E-state index contributed by atoms with van der Waals surface area (Å²) in [5.41, 5.74) is 0. The maximum absolute atomic E-state index is 4.90.